The van der Waals surface area contributed by atoms with Crippen molar-refractivity contribution < 1.29 is 31.8 Å². The van der Waals surface area contributed by atoms with Crippen molar-refractivity contribution in [1.82, 2.24) is 14.9 Å². The summed E-state index contributed by atoms with van der Waals surface area (Å²) < 4.78 is 64.0. The maximum Gasteiger partial charge on any atom is 0.413 e. The number of halogens is 4. The number of alkyl halides is 3. The molecule has 0 saturated carbocycles. The first-order chi connectivity index (χ1) is 18.1. The molecule has 0 atom stereocenters. The summed E-state index contributed by atoms with van der Waals surface area (Å²) in [7, 11) is 0. The van der Waals surface area contributed by atoms with Crippen LogP contribution in [0.1, 0.15) is 18.4 Å². The number of anilines is 3. The molecule has 0 aliphatic carbocycles. The van der Waals surface area contributed by atoms with E-state index in [4.69, 9.17) is 15.2 Å². The molecule has 1 aromatic carbocycles. The van der Waals surface area contributed by atoms with Crippen LogP contribution in [0.15, 0.2) is 24.5 Å². The number of carbonyl (C=O) groups is 1. The lowest BCUT2D eigenvalue weighted by molar-refractivity contribution is -0.149. The molecular weight excluding hydrogens is 508 g/mol. The predicted molar refractivity (Wildman–Crippen MR) is 134 cm³/mol. The average Bonchev–Trinajstić information content (AvgIpc) is 2.87. The van der Waals surface area contributed by atoms with Crippen molar-refractivity contribution in [2.24, 2.45) is 0 Å². The first kappa shape index (κ1) is 25.8. The van der Waals surface area contributed by atoms with E-state index in [0.29, 0.717) is 53.9 Å². The Bertz CT molecular complexity index is 1380. The number of piperidine rings is 1. The van der Waals surface area contributed by atoms with Crippen LogP contribution in [0.3, 0.4) is 0 Å². The number of nitrogens with zero attached hydrogens (tertiary/aromatic N) is 3. The standard InChI is InChI=1S/C25H26F4N6O3/c1-13-17(10-33-23-22(13)31-4-7-37-23)16-8-14-9-19(32-11-18(14)21(30)20(16)26)34-24(36)38-15-2-5-35(6-3-15)12-25(27,28)29/h8-11,15,31H,2-7,12,30H2,1H3,(H,32,34,36). The third-order valence-corrected chi connectivity index (χ3v) is 6.68. The fraction of sp³-hybridized carbons (Fsp3) is 0.400. The lowest BCUT2D eigenvalue weighted by Crippen LogP contribution is -2.42. The first-order valence-corrected chi connectivity index (χ1v) is 12.1. The number of nitrogens with one attached hydrogen (secondary N) is 2. The van der Waals surface area contributed by atoms with Gasteiger partial charge in [-0.2, -0.15) is 13.2 Å². The minimum absolute atomic E-state index is 0.0916. The Hall–Kier alpha value is -3.87. The third kappa shape index (κ3) is 5.37. The summed E-state index contributed by atoms with van der Waals surface area (Å²) in [6, 6.07) is 3.15. The monoisotopic (exact) mass is 534 g/mol. The highest BCUT2D eigenvalue weighted by Gasteiger charge is 2.33. The number of carbonyl (C=O) groups excluding carboxylic acids is 1. The van der Waals surface area contributed by atoms with Crippen molar-refractivity contribution in [3.05, 3.63) is 35.9 Å². The molecule has 0 unspecified atom stereocenters. The molecule has 1 saturated heterocycles. The minimum Gasteiger partial charge on any atom is -0.474 e. The van der Waals surface area contributed by atoms with Gasteiger partial charge >= 0.3 is 12.3 Å². The van der Waals surface area contributed by atoms with Gasteiger partial charge in [-0.25, -0.2) is 19.2 Å². The molecule has 1 amide bonds. The Balaban J connectivity index is 1.32. The van der Waals surface area contributed by atoms with Crippen molar-refractivity contribution in [1.29, 1.82) is 0 Å². The Morgan fingerprint density at radius 1 is 1.24 bits per heavy atom. The number of nitrogens with two attached hydrogens (primary N) is 1. The summed E-state index contributed by atoms with van der Waals surface area (Å²) in [5, 5.41) is 6.66. The summed E-state index contributed by atoms with van der Waals surface area (Å²) in [4.78, 5) is 22.2. The van der Waals surface area contributed by atoms with Crippen LogP contribution in [-0.4, -0.2) is 66.0 Å². The van der Waals surface area contributed by atoms with Gasteiger partial charge in [0, 0.05) is 48.5 Å². The molecule has 38 heavy (non-hydrogen) atoms. The molecule has 4 N–H and O–H groups in total. The largest absolute Gasteiger partial charge is 0.474 e. The quantitative estimate of drug-likeness (QED) is 0.326. The van der Waals surface area contributed by atoms with Gasteiger partial charge in [0.05, 0.1) is 12.2 Å². The number of fused-ring (bicyclic) bond motifs is 2. The molecule has 5 rings (SSSR count). The maximum atomic E-state index is 15.3. The zero-order chi connectivity index (χ0) is 27.0. The van der Waals surface area contributed by atoms with E-state index in [1.807, 2.05) is 6.92 Å². The van der Waals surface area contributed by atoms with Crippen LogP contribution in [0.5, 0.6) is 5.88 Å². The molecule has 202 valence electrons. The normalized spacial score (nSPS) is 16.4. The molecule has 0 bridgehead atoms. The van der Waals surface area contributed by atoms with Crippen molar-refractivity contribution in [3.63, 3.8) is 0 Å². The SMILES string of the molecule is Cc1c(-c2cc3cc(NC(=O)OC4CCN(CC(F)(F)F)CC4)ncc3c(N)c2F)cnc2c1NCCO2. The van der Waals surface area contributed by atoms with Gasteiger partial charge in [0.25, 0.3) is 0 Å². The maximum absolute atomic E-state index is 15.3. The van der Waals surface area contributed by atoms with E-state index in [1.165, 1.54) is 17.3 Å². The second-order valence-corrected chi connectivity index (χ2v) is 9.32. The molecule has 1 fully saturated rings. The number of nitrogen functional groups attached to an aromatic ring is 1. The van der Waals surface area contributed by atoms with E-state index in [9.17, 15) is 18.0 Å². The fourth-order valence-corrected chi connectivity index (χ4v) is 4.78. The minimum atomic E-state index is -4.26. The molecule has 3 aromatic rings. The second kappa shape index (κ2) is 10.1. The number of benzene rings is 1. The highest BCUT2D eigenvalue weighted by Crippen LogP contribution is 2.39. The lowest BCUT2D eigenvalue weighted by Gasteiger charge is -2.31. The third-order valence-electron chi connectivity index (χ3n) is 6.68. The van der Waals surface area contributed by atoms with Crippen LogP contribution in [0.2, 0.25) is 0 Å². The number of hydrogen-bond acceptors (Lipinski definition) is 8. The molecule has 13 heteroatoms. The zero-order valence-electron chi connectivity index (χ0n) is 20.5. The molecule has 0 spiro atoms. The summed E-state index contributed by atoms with van der Waals surface area (Å²) in [6.07, 6.45) is -2.07. The number of ether oxygens (including phenoxy) is 2. The fourth-order valence-electron chi connectivity index (χ4n) is 4.78. The van der Waals surface area contributed by atoms with Gasteiger partial charge in [0.1, 0.15) is 24.2 Å². The van der Waals surface area contributed by atoms with Crippen LogP contribution in [0.25, 0.3) is 21.9 Å². The van der Waals surface area contributed by atoms with Gasteiger partial charge in [-0.05, 0) is 42.8 Å². The molecule has 0 radical (unpaired) electrons. The zero-order valence-corrected chi connectivity index (χ0v) is 20.5. The van der Waals surface area contributed by atoms with Gasteiger partial charge in [0.2, 0.25) is 5.88 Å². The number of hydrogen-bond donors (Lipinski definition) is 3. The summed E-state index contributed by atoms with van der Waals surface area (Å²) in [5.74, 6) is -0.00549. The molecular formula is C25H26F4N6O3. The summed E-state index contributed by atoms with van der Waals surface area (Å²) in [5.41, 5.74) is 8.23. The molecule has 2 aromatic heterocycles. The van der Waals surface area contributed by atoms with E-state index in [-0.39, 0.29) is 30.2 Å². The van der Waals surface area contributed by atoms with E-state index in [2.05, 4.69) is 20.6 Å². The molecule has 2 aliphatic heterocycles. The van der Waals surface area contributed by atoms with Crippen LogP contribution in [0, 0.1) is 12.7 Å². The lowest BCUT2D eigenvalue weighted by atomic mass is 9.97. The van der Waals surface area contributed by atoms with Crippen LogP contribution < -0.4 is 21.1 Å². The number of pyridine rings is 2. The average molecular weight is 535 g/mol. The van der Waals surface area contributed by atoms with Crippen LogP contribution in [-0.2, 0) is 4.74 Å². The number of rotatable bonds is 4. The summed E-state index contributed by atoms with van der Waals surface area (Å²) >= 11 is 0. The van der Waals surface area contributed by atoms with E-state index >= 15 is 4.39 Å². The van der Waals surface area contributed by atoms with E-state index < -0.39 is 30.7 Å². The Labute approximate surface area is 215 Å². The van der Waals surface area contributed by atoms with Gasteiger partial charge in [0.15, 0.2) is 5.82 Å². The topological polar surface area (TPSA) is 115 Å². The number of aromatic nitrogens is 2. The smallest absolute Gasteiger partial charge is 0.413 e. The van der Waals surface area contributed by atoms with Gasteiger partial charge in [-0.15, -0.1) is 0 Å². The van der Waals surface area contributed by atoms with Crippen LogP contribution in [0.4, 0.5) is 39.5 Å². The van der Waals surface area contributed by atoms with Gasteiger partial charge in [-0.1, -0.05) is 0 Å². The predicted octanol–water partition coefficient (Wildman–Crippen LogP) is 4.71. The van der Waals surface area contributed by atoms with E-state index in [1.54, 1.807) is 12.1 Å². The van der Waals surface area contributed by atoms with E-state index in [0.717, 1.165) is 5.56 Å². The Morgan fingerprint density at radius 2 is 2.00 bits per heavy atom. The van der Waals surface area contributed by atoms with Crippen LogP contribution >= 0.6 is 0 Å². The highest BCUT2D eigenvalue weighted by molar-refractivity contribution is 5.99. The van der Waals surface area contributed by atoms with Crippen molar-refractivity contribution >= 4 is 34.1 Å². The van der Waals surface area contributed by atoms with Gasteiger partial charge in [-0.3, -0.25) is 10.2 Å². The van der Waals surface area contributed by atoms with Gasteiger partial charge < -0.3 is 20.5 Å². The number of likely N-dealkylation sites (tertiary alicyclic amines) is 1. The second-order valence-electron chi connectivity index (χ2n) is 9.32. The Morgan fingerprint density at radius 3 is 2.74 bits per heavy atom. The Kier molecular flexibility index (Phi) is 6.86. The summed E-state index contributed by atoms with van der Waals surface area (Å²) in [6.45, 7) is 2.30. The molecule has 9 nitrogen and oxygen atoms in total. The first-order valence-electron chi connectivity index (χ1n) is 12.1. The van der Waals surface area contributed by atoms with Crippen molar-refractivity contribution in [3.8, 4) is 17.0 Å². The number of amides is 1. The molecule has 4 heterocycles. The molecule has 2 aliphatic rings. The van der Waals surface area contributed by atoms with Crippen molar-refractivity contribution in [2.45, 2.75) is 32.0 Å². The van der Waals surface area contributed by atoms with Crippen molar-refractivity contribution in [2.75, 3.05) is 49.2 Å². The highest BCUT2D eigenvalue weighted by atomic mass is 19.4.